The summed E-state index contributed by atoms with van der Waals surface area (Å²) in [6, 6.07) is 0. The lowest BCUT2D eigenvalue weighted by Crippen LogP contribution is -2.36. The van der Waals surface area contributed by atoms with Crippen LogP contribution in [0.3, 0.4) is 0 Å². The van der Waals surface area contributed by atoms with Crippen LogP contribution in [-0.4, -0.2) is 74.2 Å². The van der Waals surface area contributed by atoms with Crippen LogP contribution < -0.4 is 0 Å². The van der Waals surface area contributed by atoms with Gasteiger partial charge in [-0.3, -0.25) is 9.59 Å². The van der Waals surface area contributed by atoms with Crippen LogP contribution in [0.2, 0.25) is 0 Å². The number of carbonyl (C=O) groups excluding carboxylic acids is 2. The van der Waals surface area contributed by atoms with Crippen molar-refractivity contribution in [1.82, 2.24) is 9.80 Å². The summed E-state index contributed by atoms with van der Waals surface area (Å²) in [4.78, 5) is 28.6. The van der Waals surface area contributed by atoms with Crippen molar-refractivity contribution in [2.24, 2.45) is 11.8 Å². The Morgan fingerprint density at radius 3 is 1.40 bits per heavy atom. The van der Waals surface area contributed by atoms with Gasteiger partial charge in [0.25, 0.3) is 0 Å². The van der Waals surface area contributed by atoms with Gasteiger partial charge in [-0.2, -0.15) is 0 Å². The topological polar surface area (TPSA) is 59.1 Å². The van der Waals surface area contributed by atoms with E-state index in [9.17, 15) is 9.59 Å². The van der Waals surface area contributed by atoms with Crippen molar-refractivity contribution in [1.29, 1.82) is 0 Å². The quantitative estimate of drug-likeness (QED) is 0.177. The molecule has 2 fully saturated rings. The molecule has 0 saturated carbocycles. The van der Waals surface area contributed by atoms with E-state index in [-0.39, 0.29) is 11.9 Å². The highest BCUT2D eigenvalue weighted by Gasteiger charge is 2.22. The molecule has 0 unspecified atom stereocenters. The highest BCUT2D eigenvalue weighted by Crippen LogP contribution is 2.27. The Balaban J connectivity index is 1.44. The SMILES string of the molecule is CCCCCOC(=O)CCN1CCC(CCCC2CCN(CCC(=O)OCCCCC)CC2)CC1. The van der Waals surface area contributed by atoms with E-state index in [0.717, 1.165) is 89.6 Å². The lowest BCUT2D eigenvalue weighted by Gasteiger charge is -2.33. The Labute approximate surface area is 215 Å². The van der Waals surface area contributed by atoms with Gasteiger partial charge in [-0.1, -0.05) is 58.8 Å². The maximum atomic E-state index is 11.9. The summed E-state index contributed by atoms with van der Waals surface area (Å²) >= 11 is 0. The van der Waals surface area contributed by atoms with E-state index < -0.39 is 0 Å². The molecule has 0 aromatic heterocycles. The summed E-state index contributed by atoms with van der Waals surface area (Å²) in [5.41, 5.74) is 0. The van der Waals surface area contributed by atoms with Gasteiger partial charge in [-0.15, -0.1) is 0 Å². The molecule has 2 rings (SSSR count). The molecule has 204 valence electrons. The van der Waals surface area contributed by atoms with Crippen LogP contribution in [0.1, 0.15) is 110 Å². The number of unbranched alkanes of at least 4 members (excludes halogenated alkanes) is 4. The number of rotatable bonds is 18. The maximum Gasteiger partial charge on any atom is 0.307 e. The van der Waals surface area contributed by atoms with Gasteiger partial charge >= 0.3 is 11.9 Å². The first-order valence-corrected chi connectivity index (χ1v) is 14.9. The molecule has 0 N–H and O–H groups in total. The number of hydrogen-bond acceptors (Lipinski definition) is 6. The van der Waals surface area contributed by atoms with Gasteiger partial charge in [0.05, 0.1) is 26.1 Å². The van der Waals surface area contributed by atoms with Gasteiger partial charge < -0.3 is 19.3 Å². The number of likely N-dealkylation sites (tertiary alicyclic amines) is 2. The van der Waals surface area contributed by atoms with E-state index >= 15 is 0 Å². The Morgan fingerprint density at radius 2 is 1.03 bits per heavy atom. The van der Waals surface area contributed by atoms with E-state index in [1.165, 1.54) is 44.9 Å². The second-order valence-corrected chi connectivity index (χ2v) is 10.9. The van der Waals surface area contributed by atoms with E-state index in [0.29, 0.717) is 26.1 Å². The highest BCUT2D eigenvalue weighted by atomic mass is 16.5. The third-order valence-electron chi connectivity index (χ3n) is 7.93. The molecule has 0 amide bonds. The van der Waals surface area contributed by atoms with Crippen LogP contribution in [0.25, 0.3) is 0 Å². The second kappa shape index (κ2) is 19.0. The lowest BCUT2D eigenvalue weighted by atomic mass is 9.87. The molecule has 2 saturated heterocycles. The normalized spacial score (nSPS) is 18.6. The smallest absolute Gasteiger partial charge is 0.307 e. The summed E-state index contributed by atoms with van der Waals surface area (Å²) in [6.45, 7) is 11.7. The molecule has 2 aliphatic rings. The standard InChI is InChI=1S/C29H54N2O4/c1-3-5-7-24-34-28(32)16-22-30-18-12-26(13-19-30)10-9-11-27-14-20-31(21-15-27)23-17-29(33)35-25-8-6-4-2/h26-27H,3-25H2,1-2H3. The molecule has 2 heterocycles. The average molecular weight is 495 g/mol. The molecule has 0 aromatic rings. The number of hydrogen-bond donors (Lipinski definition) is 0. The van der Waals surface area contributed by atoms with Crippen molar-refractivity contribution >= 4 is 11.9 Å². The second-order valence-electron chi connectivity index (χ2n) is 10.9. The zero-order chi connectivity index (χ0) is 25.1. The fraction of sp³-hybridized carbons (Fsp3) is 0.931. The van der Waals surface area contributed by atoms with Crippen LogP contribution in [-0.2, 0) is 19.1 Å². The molecule has 0 spiro atoms. The summed E-state index contributed by atoms with van der Waals surface area (Å²) in [5.74, 6) is 1.65. The van der Waals surface area contributed by atoms with E-state index in [1.807, 2.05) is 0 Å². The molecule has 6 nitrogen and oxygen atoms in total. The molecule has 0 radical (unpaired) electrons. The highest BCUT2D eigenvalue weighted by molar-refractivity contribution is 5.69. The van der Waals surface area contributed by atoms with Gasteiger partial charge in [0.2, 0.25) is 0 Å². The van der Waals surface area contributed by atoms with Crippen molar-refractivity contribution in [2.45, 2.75) is 110 Å². The molecular formula is C29H54N2O4. The van der Waals surface area contributed by atoms with Crippen molar-refractivity contribution in [2.75, 3.05) is 52.5 Å². The van der Waals surface area contributed by atoms with E-state index in [1.54, 1.807) is 0 Å². The van der Waals surface area contributed by atoms with Crippen molar-refractivity contribution in [3.05, 3.63) is 0 Å². The fourth-order valence-corrected chi connectivity index (χ4v) is 5.41. The minimum absolute atomic E-state index is 0.0309. The zero-order valence-electron chi connectivity index (χ0n) is 22.9. The Morgan fingerprint density at radius 1 is 0.629 bits per heavy atom. The molecule has 0 aromatic carbocycles. The average Bonchev–Trinajstić information content (AvgIpc) is 2.88. The summed E-state index contributed by atoms with van der Waals surface area (Å²) in [5, 5.41) is 0. The van der Waals surface area contributed by atoms with Gasteiger partial charge in [0.1, 0.15) is 0 Å². The number of nitrogens with zero attached hydrogens (tertiary/aromatic N) is 2. The van der Waals surface area contributed by atoms with Gasteiger partial charge in [0.15, 0.2) is 0 Å². The van der Waals surface area contributed by atoms with Crippen molar-refractivity contribution < 1.29 is 19.1 Å². The molecule has 0 atom stereocenters. The molecule has 6 heteroatoms. The first kappa shape index (κ1) is 30.1. The molecule has 2 aliphatic heterocycles. The van der Waals surface area contributed by atoms with Gasteiger partial charge in [-0.05, 0) is 76.5 Å². The van der Waals surface area contributed by atoms with Gasteiger partial charge in [-0.25, -0.2) is 0 Å². The van der Waals surface area contributed by atoms with Gasteiger partial charge in [0, 0.05) is 13.1 Å². The van der Waals surface area contributed by atoms with E-state index in [2.05, 4.69) is 23.6 Å². The molecular weight excluding hydrogens is 440 g/mol. The summed E-state index contributed by atoms with van der Waals surface area (Å²) < 4.78 is 10.7. The molecule has 0 bridgehead atoms. The van der Waals surface area contributed by atoms with Crippen LogP contribution >= 0.6 is 0 Å². The largest absolute Gasteiger partial charge is 0.466 e. The number of esters is 2. The molecule has 0 aliphatic carbocycles. The predicted molar refractivity (Wildman–Crippen MR) is 142 cm³/mol. The third-order valence-corrected chi connectivity index (χ3v) is 7.93. The van der Waals surface area contributed by atoms with E-state index in [4.69, 9.17) is 9.47 Å². The predicted octanol–water partition coefficient (Wildman–Crippen LogP) is 5.83. The zero-order valence-corrected chi connectivity index (χ0v) is 22.9. The van der Waals surface area contributed by atoms with Crippen LogP contribution in [0.15, 0.2) is 0 Å². The van der Waals surface area contributed by atoms with Crippen LogP contribution in [0, 0.1) is 11.8 Å². The van der Waals surface area contributed by atoms with Crippen LogP contribution in [0.5, 0.6) is 0 Å². The maximum absolute atomic E-state index is 11.9. The summed E-state index contributed by atoms with van der Waals surface area (Å²) in [7, 11) is 0. The number of carbonyl (C=O) groups is 2. The first-order valence-electron chi connectivity index (χ1n) is 14.9. The number of ether oxygens (including phenoxy) is 2. The minimum Gasteiger partial charge on any atom is -0.466 e. The third kappa shape index (κ3) is 14.3. The summed E-state index contributed by atoms with van der Waals surface area (Å²) in [6.07, 6.45) is 16.8. The minimum atomic E-state index is -0.0309. The Hall–Kier alpha value is -1.14. The lowest BCUT2D eigenvalue weighted by molar-refractivity contribution is -0.145. The van der Waals surface area contributed by atoms with Crippen molar-refractivity contribution in [3.8, 4) is 0 Å². The molecule has 35 heavy (non-hydrogen) atoms. The van der Waals surface area contributed by atoms with Crippen LogP contribution in [0.4, 0.5) is 0 Å². The first-order chi connectivity index (χ1) is 17.1. The monoisotopic (exact) mass is 494 g/mol. The Kier molecular flexibility index (Phi) is 16.4. The van der Waals surface area contributed by atoms with Crippen molar-refractivity contribution in [3.63, 3.8) is 0 Å². The Bertz CT molecular complexity index is 507. The fourth-order valence-electron chi connectivity index (χ4n) is 5.41. The number of piperidine rings is 2.